The number of hydrogen-bond donors (Lipinski definition) is 1. The Morgan fingerprint density at radius 3 is 2.81 bits per heavy atom. The molecule has 0 aliphatic rings. The normalized spacial score (nSPS) is 12.4. The molecule has 1 aromatic carbocycles. The summed E-state index contributed by atoms with van der Waals surface area (Å²) in [6.07, 6.45) is 1.12. The van der Waals surface area contributed by atoms with E-state index in [0.717, 1.165) is 32.4 Å². The largest absolute Gasteiger partial charge is 0.488 e. The van der Waals surface area contributed by atoms with Crippen molar-refractivity contribution in [1.29, 1.82) is 0 Å². The minimum atomic E-state index is 0.264. The number of rotatable bonds is 7. The number of thiophene rings is 1. The number of halogens is 2. The van der Waals surface area contributed by atoms with Crippen molar-refractivity contribution in [3.63, 3.8) is 0 Å². The Labute approximate surface area is 143 Å². The Kier molecular flexibility index (Phi) is 6.55. The van der Waals surface area contributed by atoms with Crippen LogP contribution >= 0.6 is 38.9 Å². The second kappa shape index (κ2) is 8.18. The van der Waals surface area contributed by atoms with Crippen molar-refractivity contribution in [3.05, 3.63) is 49.6 Å². The van der Waals surface area contributed by atoms with Crippen LogP contribution in [-0.2, 0) is 6.61 Å². The van der Waals surface area contributed by atoms with Crippen molar-refractivity contribution >= 4 is 38.9 Å². The van der Waals surface area contributed by atoms with Crippen LogP contribution in [-0.4, -0.2) is 6.54 Å². The van der Waals surface area contributed by atoms with Crippen LogP contribution in [0, 0.1) is 0 Å². The maximum Gasteiger partial charge on any atom is 0.125 e. The van der Waals surface area contributed by atoms with Crippen LogP contribution in [0.5, 0.6) is 5.75 Å². The van der Waals surface area contributed by atoms with E-state index in [1.54, 1.807) is 11.3 Å². The zero-order chi connectivity index (χ0) is 15.2. The maximum absolute atomic E-state index is 6.00. The Hall–Kier alpha value is -0.550. The predicted octanol–water partition coefficient (Wildman–Crippen LogP) is 5.80. The van der Waals surface area contributed by atoms with E-state index in [1.165, 1.54) is 5.56 Å². The lowest BCUT2D eigenvalue weighted by molar-refractivity contribution is 0.303. The lowest BCUT2D eigenvalue weighted by atomic mass is 10.1. The fraction of sp³-hybridized carbons (Fsp3) is 0.375. The first-order valence-corrected chi connectivity index (χ1v) is 8.98. The molecule has 1 heterocycles. The minimum Gasteiger partial charge on any atom is -0.488 e. The molecule has 0 fully saturated rings. The highest BCUT2D eigenvalue weighted by Gasteiger charge is 2.12. The maximum atomic E-state index is 6.00. The molecule has 2 aromatic rings. The molecule has 0 bridgehead atoms. The molecule has 0 saturated heterocycles. The van der Waals surface area contributed by atoms with Gasteiger partial charge in [-0.3, -0.25) is 0 Å². The Balaban J connectivity index is 2.10. The molecule has 1 aromatic heterocycles. The third-order valence-electron chi connectivity index (χ3n) is 3.14. The molecule has 1 atom stereocenters. The highest BCUT2D eigenvalue weighted by Crippen LogP contribution is 2.30. The zero-order valence-electron chi connectivity index (χ0n) is 12.2. The van der Waals surface area contributed by atoms with Crippen LogP contribution in [0.1, 0.15) is 36.8 Å². The van der Waals surface area contributed by atoms with E-state index in [4.69, 9.17) is 16.3 Å². The van der Waals surface area contributed by atoms with E-state index in [-0.39, 0.29) is 6.04 Å². The standard InChI is InChI=1S/C16H19BrClNOS/c1-3-8-19-11(2)14-6-4-12(17)9-15(14)20-10-13-5-7-16(18)21-13/h4-7,9,11,19H,3,8,10H2,1-2H3. The smallest absolute Gasteiger partial charge is 0.125 e. The molecule has 1 unspecified atom stereocenters. The summed E-state index contributed by atoms with van der Waals surface area (Å²) >= 11 is 11.0. The van der Waals surface area contributed by atoms with E-state index < -0.39 is 0 Å². The van der Waals surface area contributed by atoms with Gasteiger partial charge in [-0.05, 0) is 44.2 Å². The first-order chi connectivity index (χ1) is 10.1. The number of benzene rings is 1. The molecule has 5 heteroatoms. The lowest BCUT2D eigenvalue weighted by Gasteiger charge is -2.18. The second-order valence-electron chi connectivity index (χ2n) is 4.85. The van der Waals surface area contributed by atoms with Gasteiger partial charge in [0.15, 0.2) is 0 Å². The Morgan fingerprint density at radius 1 is 1.33 bits per heavy atom. The fourth-order valence-electron chi connectivity index (χ4n) is 2.04. The predicted molar refractivity (Wildman–Crippen MR) is 94.5 cm³/mol. The van der Waals surface area contributed by atoms with Crippen LogP contribution < -0.4 is 10.1 Å². The topological polar surface area (TPSA) is 21.3 Å². The summed E-state index contributed by atoms with van der Waals surface area (Å²) in [5.74, 6) is 0.907. The van der Waals surface area contributed by atoms with Gasteiger partial charge in [-0.2, -0.15) is 0 Å². The van der Waals surface area contributed by atoms with Gasteiger partial charge in [0.2, 0.25) is 0 Å². The van der Waals surface area contributed by atoms with E-state index in [1.807, 2.05) is 24.3 Å². The quantitative estimate of drug-likeness (QED) is 0.647. The summed E-state index contributed by atoms with van der Waals surface area (Å²) in [6, 6.07) is 10.3. The first kappa shape index (κ1) is 16.8. The zero-order valence-corrected chi connectivity index (χ0v) is 15.3. The van der Waals surface area contributed by atoms with Gasteiger partial charge >= 0.3 is 0 Å². The SMILES string of the molecule is CCCNC(C)c1ccc(Br)cc1OCc1ccc(Cl)s1. The van der Waals surface area contributed by atoms with Crippen molar-refractivity contribution in [2.24, 2.45) is 0 Å². The molecule has 0 saturated carbocycles. The number of nitrogens with one attached hydrogen (secondary N) is 1. The van der Waals surface area contributed by atoms with Crippen molar-refractivity contribution in [3.8, 4) is 5.75 Å². The third kappa shape index (κ3) is 4.99. The number of hydrogen-bond acceptors (Lipinski definition) is 3. The van der Waals surface area contributed by atoms with Crippen molar-refractivity contribution in [2.45, 2.75) is 32.9 Å². The molecule has 21 heavy (non-hydrogen) atoms. The molecule has 0 radical (unpaired) electrons. The number of ether oxygens (including phenoxy) is 1. The van der Waals surface area contributed by atoms with Crippen LogP contribution in [0.4, 0.5) is 0 Å². The highest BCUT2D eigenvalue weighted by molar-refractivity contribution is 9.10. The van der Waals surface area contributed by atoms with Crippen molar-refractivity contribution in [2.75, 3.05) is 6.54 Å². The van der Waals surface area contributed by atoms with E-state index >= 15 is 0 Å². The average molecular weight is 389 g/mol. The molecule has 2 rings (SSSR count). The van der Waals surface area contributed by atoms with Crippen molar-refractivity contribution in [1.82, 2.24) is 5.32 Å². The summed E-state index contributed by atoms with van der Waals surface area (Å²) in [4.78, 5) is 1.13. The van der Waals surface area contributed by atoms with Crippen LogP contribution in [0.3, 0.4) is 0 Å². The van der Waals surface area contributed by atoms with Gasteiger partial charge in [0.1, 0.15) is 12.4 Å². The minimum absolute atomic E-state index is 0.264. The van der Waals surface area contributed by atoms with Gasteiger partial charge in [0.05, 0.1) is 4.34 Å². The summed E-state index contributed by atoms with van der Waals surface area (Å²) in [7, 11) is 0. The lowest BCUT2D eigenvalue weighted by Crippen LogP contribution is -2.20. The Morgan fingerprint density at radius 2 is 2.14 bits per heavy atom. The fourth-order valence-corrected chi connectivity index (χ4v) is 3.38. The van der Waals surface area contributed by atoms with E-state index in [9.17, 15) is 0 Å². The molecular weight excluding hydrogens is 370 g/mol. The molecule has 0 aliphatic heterocycles. The molecular formula is C16H19BrClNOS. The molecule has 0 spiro atoms. The van der Waals surface area contributed by atoms with Gasteiger partial charge in [-0.25, -0.2) is 0 Å². The van der Waals surface area contributed by atoms with Crippen LogP contribution in [0.2, 0.25) is 4.34 Å². The van der Waals surface area contributed by atoms with Crippen LogP contribution in [0.15, 0.2) is 34.8 Å². The van der Waals surface area contributed by atoms with Crippen LogP contribution in [0.25, 0.3) is 0 Å². The molecule has 0 amide bonds. The molecule has 0 aliphatic carbocycles. The highest BCUT2D eigenvalue weighted by atomic mass is 79.9. The Bertz CT molecular complexity index is 587. The summed E-state index contributed by atoms with van der Waals surface area (Å²) in [5, 5.41) is 3.50. The summed E-state index contributed by atoms with van der Waals surface area (Å²) < 4.78 is 7.81. The van der Waals surface area contributed by atoms with E-state index in [0.29, 0.717) is 6.61 Å². The second-order valence-corrected chi connectivity index (χ2v) is 7.57. The van der Waals surface area contributed by atoms with Gasteiger partial charge in [-0.15, -0.1) is 11.3 Å². The monoisotopic (exact) mass is 387 g/mol. The molecule has 114 valence electrons. The van der Waals surface area contributed by atoms with Gasteiger partial charge < -0.3 is 10.1 Å². The third-order valence-corrected chi connectivity index (χ3v) is 4.84. The van der Waals surface area contributed by atoms with Crippen molar-refractivity contribution < 1.29 is 4.74 Å². The average Bonchev–Trinajstić information content (AvgIpc) is 2.88. The molecule has 2 nitrogen and oxygen atoms in total. The van der Waals surface area contributed by atoms with E-state index in [2.05, 4.69) is 41.2 Å². The first-order valence-electron chi connectivity index (χ1n) is 7.00. The summed E-state index contributed by atoms with van der Waals surface area (Å²) in [6.45, 7) is 5.87. The summed E-state index contributed by atoms with van der Waals surface area (Å²) in [5.41, 5.74) is 1.18. The van der Waals surface area contributed by atoms with Gasteiger partial charge in [0, 0.05) is 21.0 Å². The van der Waals surface area contributed by atoms with Gasteiger partial charge in [-0.1, -0.05) is 40.5 Å². The van der Waals surface area contributed by atoms with Gasteiger partial charge in [0.25, 0.3) is 0 Å². The molecule has 1 N–H and O–H groups in total.